The van der Waals surface area contributed by atoms with Gasteiger partial charge in [0.25, 0.3) is 0 Å². The molecule has 0 amide bonds. The minimum Gasteiger partial charge on any atom is -0.330 e. The molecular formula is C14H19N3S2. The van der Waals surface area contributed by atoms with Crippen molar-refractivity contribution in [3.05, 3.63) is 38.0 Å². The summed E-state index contributed by atoms with van der Waals surface area (Å²) in [5.74, 6) is 0. The van der Waals surface area contributed by atoms with Gasteiger partial charge in [-0.25, -0.2) is 4.98 Å². The number of nitrogens with two attached hydrogens (primary N) is 1. The van der Waals surface area contributed by atoms with Gasteiger partial charge in [-0.1, -0.05) is 0 Å². The molecule has 0 aliphatic carbocycles. The molecule has 3 nitrogen and oxygen atoms in total. The standard InChI is InChI=1S/C14H19N3S2/c1-10-12-4-7-18-13(12)3-6-17(10)8-11-9-19-14(16-11)2-5-15/h4,7,9-10H,2-3,5-6,8,15H2,1H3. The summed E-state index contributed by atoms with van der Waals surface area (Å²) in [5.41, 5.74) is 8.28. The summed E-state index contributed by atoms with van der Waals surface area (Å²) in [6.45, 7) is 5.08. The van der Waals surface area contributed by atoms with Gasteiger partial charge in [-0.3, -0.25) is 4.90 Å². The Morgan fingerprint density at radius 1 is 1.47 bits per heavy atom. The highest BCUT2D eigenvalue weighted by molar-refractivity contribution is 7.10. The Balaban J connectivity index is 1.70. The van der Waals surface area contributed by atoms with E-state index in [0.717, 1.165) is 19.5 Å². The van der Waals surface area contributed by atoms with E-state index in [1.165, 1.54) is 22.7 Å². The van der Waals surface area contributed by atoms with E-state index in [4.69, 9.17) is 5.73 Å². The second-order valence-corrected chi connectivity index (χ2v) is 6.91. The Hall–Kier alpha value is -0.750. The molecule has 0 fully saturated rings. The predicted octanol–water partition coefficient (Wildman–Crippen LogP) is 2.83. The highest BCUT2D eigenvalue weighted by atomic mass is 32.1. The van der Waals surface area contributed by atoms with E-state index < -0.39 is 0 Å². The third kappa shape index (κ3) is 2.74. The van der Waals surface area contributed by atoms with Gasteiger partial charge in [0.15, 0.2) is 0 Å². The van der Waals surface area contributed by atoms with Crippen LogP contribution in [0.4, 0.5) is 0 Å². The number of nitrogens with zero attached hydrogens (tertiary/aromatic N) is 2. The number of aromatic nitrogens is 1. The molecule has 102 valence electrons. The van der Waals surface area contributed by atoms with Crippen molar-refractivity contribution in [3.63, 3.8) is 0 Å². The van der Waals surface area contributed by atoms with E-state index in [1.54, 1.807) is 16.2 Å². The zero-order chi connectivity index (χ0) is 13.2. The van der Waals surface area contributed by atoms with Crippen LogP contribution in [0.3, 0.4) is 0 Å². The SMILES string of the molecule is CC1c2ccsc2CCN1Cc1csc(CCN)n1. The Labute approximate surface area is 122 Å². The maximum Gasteiger partial charge on any atom is 0.0941 e. The molecule has 0 spiro atoms. The summed E-state index contributed by atoms with van der Waals surface area (Å²) < 4.78 is 0. The normalized spacial score (nSPS) is 19.6. The molecule has 19 heavy (non-hydrogen) atoms. The Morgan fingerprint density at radius 2 is 2.37 bits per heavy atom. The van der Waals surface area contributed by atoms with E-state index in [1.807, 2.05) is 11.3 Å². The van der Waals surface area contributed by atoms with Crippen molar-refractivity contribution in [2.75, 3.05) is 13.1 Å². The zero-order valence-electron chi connectivity index (χ0n) is 11.1. The lowest BCUT2D eigenvalue weighted by atomic mass is 10.0. The zero-order valence-corrected chi connectivity index (χ0v) is 12.8. The van der Waals surface area contributed by atoms with Crippen LogP contribution in [0.2, 0.25) is 0 Å². The number of hydrogen-bond donors (Lipinski definition) is 1. The van der Waals surface area contributed by atoms with Crippen LogP contribution in [-0.2, 0) is 19.4 Å². The van der Waals surface area contributed by atoms with Crippen LogP contribution in [0, 0.1) is 0 Å². The van der Waals surface area contributed by atoms with Gasteiger partial charge in [0, 0.05) is 35.8 Å². The van der Waals surface area contributed by atoms with Crippen LogP contribution < -0.4 is 5.73 Å². The maximum absolute atomic E-state index is 5.57. The molecule has 2 N–H and O–H groups in total. The van der Waals surface area contributed by atoms with Crippen molar-refractivity contribution in [1.29, 1.82) is 0 Å². The van der Waals surface area contributed by atoms with Crippen LogP contribution >= 0.6 is 22.7 Å². The lowest BCUT2D eigenvalue weighted by molar-refractivity contribution is 0.189. The molecule has 0 saturated carbocycles. The van der Waals surface area contributed by atoms with Crippen LogP contribution in [0.25, 0.3) is 0 Å². The minimum absolute atomic E-state index is 0.509. The van der Waals surface area contributed by atoms with Crippen LogP contribution in [0.1, 0.15) is 34.1 Å². The summed E-state index contributed by atoms with van der Waals surface area (Å²) in [6.07, 6.45) is 2.08. The van der Waals surface area contributed by atoms with Crippen molar-refractivity contribution in [2.45, 2.75) is 32.4 Å². The quantitative estimate of drug-likeness (QED) is 0.942. The summed E-state index contributed by atoms with van der Waals surface area (Å²) in [7, 11) is 0. The highest BCUT2D eigenvalue weighted by Crippen LogP contribution is 2.33. The van der Waals surface area contributed by atoms with Crippen molar-refractivity contribution in [2.24, 2.45) is 5.73 Å². The second kappa shape index (κ2) is 5.71. The molecule has 1 aliphatic rings. The topological polar surface area (TPSA) is 42.1 Å². The van der Waals surface area contributed by atoms with Gasteiger partial charge < -0.3 is 5.73 Å². The van der Waals surface area contributed by atoms with Gasteiger partial charge >= 0.3 is 0 Å². The lowest BCUT2D eigenvalue weighted by Gasteiger charge is -2.32. The first-order chi connectivity index (χ1) is 9.28. The molecule has 0 saturated heterocycles. The summed E-state index contributed by atoms with van der Waals surface area (Å²) in [6, 6.07) is 2.78. The first-order valence-electron chi connectivity index (χ1n) is 6.71. The predicted molar refractivity (Wildman–Crippen MR) is 81.7 cm³/mol. The average Bonchev–Trinajstić information content (AvgIpc) is 3.03. The Morgan fingerprint density at radius 3 is 3.21 bits per heavy atom. The monoisotopic (exact) mass is 293 g/mol. The molecule has 3 heterocycles. The van der Waals surface area contributed by atoms with Crippen LogP contribution in [-0.4, -0.2) is 23.0 Å². The summed E-state index contributed by atoms with van der Waals surface area (Å²) >= 11 is 3.63. The van der Waals surface area contributed by atoms with Gasteiger partial charge in [-0.15, -0.1) is 22.7 Å². The molecule has 1 unspecified atom stereocenters. The van der Waals surface area contributed by atoms with Gasteiger partial charge in [0.1, 0.15) is 0 Å². The van der Waals surface area contributed by atoms with Crippen molar-refractivity contribution in [3.8, 4) is 0 Å². The molecule has 2 aromatic heterocycles. The fourth-order valence-corrected chi connectivity index (χ4v) is 4.41. The lowest BCUT2D eigenvalue weighted by Crippen LogP contribution is -2.32. The summed E-state index contributed by atoms with van der Waals surface area (Å²) in [4.78, 5) is 8.76. The van der Waals surface area contributed by atoms with Crippen molar-refractivity contribution >= 4 is 22.7 Å². The third-order valence-corrected chi connectivity index (χ3v) is 5.68. The van der Waals surface area contributed by atoms with Gasteiger partial charge in [-0.2, -0.15) is 0 Å². The maximum atomic E-state index is 5.57. The smallest absolute Gasteiger partial charge is 0.0941 e. The number of hydrogen-bond acceptors (Lipinski definition) is 5. The molecule has 1 aliphatic heterocycles. The van der Waals surface area contributed by atoms with E-state index in [-0.39, 0.29) is 0 Å². The van der Waals surface area contributed by atoms with Crippen molar-refractivity contribution in [1.82, 2.24) is 9.88 Å². The number of thiophene rings is 1. The number of rotatable bonds is 4. The summed E-state index contributed by atoms with van der Waals surface area (Å²) in [5, 5.41) is 5.56. The first kappa shape index (κ1) is 13.2. The molecular weight excluding hydrogens is 274 g/mol. The third-order valence-electron chi connectivity index (χ3n) is 3.73. The van der Waals surface area contributed by atoms with Gasteiger partial charge in [0.2, 0.25) is 0 Å². The Bertz CT molecular complexity index is 546. The van der Waals surface area contributed by atoms with E-state index in [9.17, 15) is 0 Å². The highest BCUT2D eigenvalue weighted by Gasteiger charge is 2.25. The first-order valence-corrected chi connectivity index (χ1v) is 8.47. The van der Waals surface area contributed by atoms with Gasteiger partial charge in [-0.05, 0) is 36.9 Å². The number of thiazole rings is 1. The number of fused-ring (bicyclic) bond motifs is 1. The van der Waals surface area contributed by atoms with E-state index in [0.29, 0.717) is 12.6 Å². The molecule has 5 heteroatoms. The van der Waals surface area contributed by atoms with Crippen molar-refractivity contribution < 1.29 is 0 Å². The fourth-order valence-electron chi connectivity index (χ4n) is 2.65. The molecule has 0 bridgehead atoms. The molecule has 0 radical (unpaired) electrons. The molecule has 1 atom stereocenters. The van der Waals surface area contributed by atoms with E-state index >= 15 is 0 Å². The molecule has 2 aromatic rings. The molecule has 0 aromatic carbocycles. The van der Waals surface area contributed by atoms with Crippen LogP contribution in [0.5, 0.6) is 0 Å². The average molecular weight is 293 g/mol. The van der Waals surface area contributed by atoms with Crippen LogP contribution in [0.15, 0.2) is 16.8 Å². The van der Waals surface area contributed by atoms with E-state index in [2.05, 4.69) is 33.6 Å². The fraction of sp³-hybridized carbons (Fsp3) is 0.500. The largest absolute Gasteiger partial charge is 0.330 e. The second-order valence-electron chi connectivity index (χ2n) is 4.97. The molecule has 3 rings (SSSR count). The van der Waals surface area contributed by atoms with Gasteiger partial charge in [0.05, 0.1) is 10.7 Å². The minimum atomic E-state index is 0.509. The Kier molecular flexibility index (Phi) is 3.98.